The highest BCUT2D eigenvalue weighted by Gasteiger charge is 2.56. The topological polar surface area (TPSA) is 91.7 Å². The summed E-state index contributed by atoms with van der Waals surface area (Å²) in [5.41, 5.74) is -3.37. The Morgan fingerprint density at radius 1 is 1.15 bits per heavy atom. The number of aromatic carboxylic acids is 1. The lowest BCUT2D eigenvalue weighted by molar-refractivity contribution is -0.260. The number of ether oxygens (including phenoxy) is 1. The average molecular weight is 497 g/mol. The van der Waals surface area contributed by atoms with Crippen LogP contribution in [0.3, 0.4) is 0 Å². The molecule has 6 nitrogen and oxygen atoms in total. The molecule has 3 aromatic rings. The molecule has 0 radical (unpaired) electrons. The molecule has 0 spiro atoms. The van der Waals surface area contributed by atoms with Crippen molar-refractivity contribution in [2.75, 3.05) is 19.0 Å². The second kappa shape index (κ2) is 9.31. The minimum atomic E-state index is -4.95. The first-order valence-corrected chi connectivity index (χ1v) is 10.7. The number of aromatic nitrogens is 1. The molecule has 182 valence electrons. The number of aliphatic hydroxyl groups is 1. The maximum atomic E-state index is 14.1. The molecule has 0 saturated heterocycles. The Morgan fingerprint density at radius 2 is 1.85 bits per heavy atom. The monoisotopic (exact) mass is 496 g/mol. The molecule has 0 aliphatic carbocycles. The maximum Gasteiger partial charge on any atom is 0.418 e. The summed E-state index contributed by atoms with van der Waals surface area (Å²) in [7, 11) is 1.40. The Morgan fingerprint density at radius 3 is 2.47 bits per heavy atom. The van der Waals surface area contributed by atoms with Gasteiger partial charge >= 0.3 is 12.1 Å². The van der Waals surface area contributed by atoms with E-state index in [2.05, 4.69) is 10.3 Å². The van der Waals surface area contributed by atoms with Crippen LogP contribution in [0.4, 0.5) is 18.9 Å². The minimum absolute atomic E-state index is 0.185. The number of benzene rings is 2. The van der Waals surface area contributed by atoms with Crippen LogP contribution in [-0.2, 0) is 5.41 Å². The third kappa shape index (κ3) is 5.20. The molecule has 1 atom stereocenters. The SMILES string of the molecule is COc1cc(Cl)ccc1C(C)(C)CC(O)(CNc1cccc2nc(C(=O)O)ccc12)C(F)(F)F. The zero-order valence-electron chi connectivity index (χ0n) is 18.7. The van der Waals surface area contributed by atoms with E-state index in [9.17, 15) is 23.1 Å². The summed E-state index contributed by atoms with van der Waals surface area (Å²) in [4.78, 5) is 15.2. The molecule has 0 bridgehead atoms. The molecule has 34 heavy (non-hydrogen) atoms. The maximum absolute atomic E-state index is 14.1. The van der Waals surface area contributed by atoms with Gasteiger partial charge in [0.25, 0.3) is 0 Å². The molecule has 0 aliphatic heterocycles. The number of carbonyl (C=O) groups is 1. The smallest absolute Gasteiger partial charge is 0.418 e. The molecule has 3 N–H and O–H groups in total. The normalized spacial score (nSPS) is 14.0. The molecule has 0 fully saturated rings. The van der Waals surface area contributed by atoms with E-state index in [-0.39, 0.29) is 11.4 Å². The molecule has 3 rings (SSSR count). The molecular weight excluding hydrogens is 473 g/mol. The summed E-state index contributed by atoms with van der Waals surface area (Å²) in [6, 6.07) is 12.0. The van der Waals surface area contributed by atoms with E-state index in [0.29, 0.717) is 27.2 Å². The number of anilines is 1. The first-order chi connectivity index (χ1) is 15.8. The minimum Gasteiger partial charge on any atom is -0.496 e. The fraction of sp³-hybridized carbons (Fsp3) is 0.333. The number of alkyl halides is 3. The van der Waals surface area contributed by atoms with Gasteiger partial charge in [-0.3, -0.25) is 0 Å². The molecular formula is C24H24ClF3N2O4. The lowest BCUT2D eigenvalue weighted by Gasteiger charge is -2.38. The summed E-state index contributed by atoms with van der Waals surface area (Å²) in [6.45, 7) is 2.34. The van der Waals surface area contributed by atoms with E-state index in [4.69, 9.17) is 21.4 Å². The third-order valence-corrected chi connectivity index (χ3v) is 5.91. The van der Waals surface area contributed by atoms with Crippen LogP contribution in [0.5, 0.6) is 5.75 Å². The molecule has 1 aromatic heterocycles. The summed E-state index contributed by atoms with van der Waals surface area (Å²) >= 11 is 5.99. The first-order valence-electron chi connectivity index (χ1n) is 10.3. The lowest BCUT2D eigenvalue weighted by Crippen LogP contribution is -2.53. The van der Waals surface area contributed by atoms with Crippen LogP contribution in [0.1, 0.15) is 36.3 Å². The van der Waals surface area contributed by atoms with Crippen molar-refractivity contribution in [2.45, 2.75) is 37.5 Å². The van der Waals surface area contributed by atoms with E-state index in [1.54, 1.807) is 38.1 Å². The van der Waals surface area contributed by atoms with E-state index in [0.717, 1.165) is 0 Å². The number of halogens is 4. The van der Waals surface area contributed by atoms with Crippen LogP contribution in [-0.4, -0.2) is 46.6 Å². The fourth-order valence-corrected chi connectivity index (χ4v) is 4.15. The van der Waals surface area contributed by atoms with Gasteiger partial charge in [-0.2, -0.15) is 13.2 Å². The number of carboxylic acid groups (broad SMARTS) is 1. The summed E-state index contributed by atoms with van der Waals surface area (Å²) in [6.07, 6.45) is -5.61. The van der Waals surface area contributed by atoms with Gasteiger partial charge in [-0.25, -0.2) is 9.78 Å². The second-order valence-electron chi connectivity index (χ2n) is 8.66. The van der Waals surface area contributed by atoms with Crippen LogP contribution in [0.2, 0.25) is 5.02 Å². The predicted molar refractivity (Wildman–Crippen MR) is 124 cm³/mol. The van der Waals surface area contributed by atoms with Crippen molar-refractivity contribution in [3.63, 3.8) is 0 Å². The van der Waals surface area contributed by atoms with Crippen LogP contribution >= 0.6 is 11.6 Å². The first kappa shape index (κ1) is 25.6. The molecule has 0 saturated carbocycles. The Balaban J connectivity index is 1.93. The fourth-order valence-electron chi connectivity index (χ4n) is 3.98. The number of carboxylic acids is 1. The highest BCUT2D eigenvalue weighted by atomic mass is 35.5. The van der Waals surface area contributed by atoms with Crippen molar-refractivity contribution in [2.24, 2.45) is 0 Å². The Hall–Kier alpha value is -3.04. The van der Waals surface area contributed by atoms with Crippen molar-refractivity contribution in [3.05, 3.63) is 64.8 Å². The van der Waals surface area contributed by atoms with Gasteiger partial charge in [0.2, 0.25) is 0 Å². The molecule has 10 heteroatoms. The average Bonchev–Trinajstić information content (AvgIpc) is 2.75. The number of methoxy groups -OCH3 is 1. The van der Waals surface area contributed by atoms with Crippen molar-refractivity contribution >= 4 is 34.2 Å². The standard InChI is InChI=1S/C24H24ClF3N2O4/c1-22(2,16-9-7-14(25)11-20(16)34-3)12-23(33,24(26,27)28)13-29-17-5-4-6-18-15(17)8-10-19(30-18)21(31)32/h4-11,29,33H,12-13H2,1-3H3,(H,31,32). The molecule has 0 aliphatic rings. The van der Waals surface area contributed by atoms with Crippen molar-refractivity contribution < 1.29 is 32.9 Å². The highest BCUT2D eigenvalue weighted by molar-refractivity contribution is 6.30. The quantitative estimate of drug-likeness (QED) is 0.372. The third-order valence-electron chi connectivity index (χ3n) is 5.68. The molecule has 1 heterocycles. The summed E-state index contributed by atoms with van der Waals surface area (Å²) in [5.74, 6) is -0.893. The Labute approximate surface area is 199 Å². The predicted octanol–water partition coefficient (Wildman–Crippen LogP) is 5.67. The van der Waals surface area contributed by atoms with Crippen LogP contribution in [0.25, 0.3) is 10.9 Å². The van der Waals surface area contributed by atoms with Gasteiger partial charge in [0.1, 0.15) is 11.4 Å². The molecule has 1 unspecified atom stereocenters. The number of hydrogen-bond acceptors (Lipinski definition) is 5. The van der Waals surface area contributed by atoms with E-state index in [1.165, 1.54) is 31.4 Å². The number of nitrogens with one attached hydrogen (secondary N) is 1. The van der Waals surface area contributed by atoms with E-state index < -0.39 is 36.1 Å². The van der Waals surface area contributed by atoms with Gasteiger partial charge < -0.3 is 20.3 Å². The summed E-state index contributed by atoms with van der Waals surface area (Å²) in [5, 5.41) is 23.5. The zero-order chi connectivity index (χ0) is 25.3. The van der Waals surface area contributed by atoms with Gasteiger partial charge in [0.15, 0.2) is 5.60 Å². The van der Waals surface area contributed by atoms with Gasteiger partial charge in [-0.05, 0) is 53.8 Å². The van der Waals surface area contributed by atoms with Crippen molar-refractivity contribution in [3.8, 4) is 5.75 Å². The van der Waals surface area contributed by atoms with Gasteiger partial charge in [-0.15, -0.1) is 0 Å². The van der Waals surface area contributed by atoms with Crippen LogP contribution in [0.15, 0.2) is 48.5 Å². The number of pyridine rings is 1. The highest BCUT2D eigenvalue weighted by Crippen LogP contribution is 2.44. The second-order valence-corrected chi connectivity index (χ2v) is 9.10. The largest absolute Gasteiger partial charge is 0.496 e. The van der Waals surface area contributed by atoms with Crippen LogP contribution < -0.4 is 10.1 Å². The lowest BCUT2D eigenvalue weighted by atomic mass is 9.74. The van der Waals surface area contributed by atoms with Gasteiger partial charge in [0, 0.05) is 16.1 Å². The van der Waals surface area contributed by atoms with Gasteiger partial charge in [0.05, 0.1) is 19.2 Å². The van der Waals surface area contributed by atoms with E-state index in [1.807, 2.05) is 0 Å². The van der Waals surface area contributed by atoms with Crippen molar-refractivity contribution in [1.29, 1.82) is 0 Å². The van der Waals surface area contributed by atoms with Crippen molar-refractivity contribution in [1.82, 2.24) is 4.98 Å². The van der Waals surface area contributed by atoms with Gasteiger partial charge in [-0.1, -0.05) is 37.6 Å². The summed E-state index contributed by atoms with van der Waals surface area (Å²) < 4.78 is 47.7. The zero-order valence-corrected chi connectivity index (χ0v) is 19.5. The number of rotatable bonds is 8. The molecule has 2 aromatic carbocycles. The Bertz CT molecular complexity index is 1220. The number of nitrogens with zero attached hydrogens (tertiary/aromatic N) is 1. The van der Waals surface area contributed by atoms with Crippen LogP contribution in [0, 0.1) is 0 Å². The van der Waals surface area contributed by atoms with E-state index >= 15 is 0 Å². The number of hydrogen-bond donors (Lipinski definition) is 3. The number of fused-ring (bicyclic) bond motifs is 1. The Kier molecular flexibility index (Phi) is 7.00. The molecule has 0 amide bonds.